The van der Waals surface area contributed by atoms with Crippen LogP contribution in [0.3, 0.4) is 0 Å². The molecule has 4 N–H and O–H groups in total. The minimum absolute atomic E-state index is 0.0958. The molecule has 4 rings (SSSR count). The molecular formula is C24H24N4O3. The number of hydrogen-bond donors (Lipinski definition) is 4. The van der Waals surface area contributed by atoms with Crippen LogP contribution in [0.1, 0.15) is 43.8 Å². The highest BCUT2D eigenvalue weighted by Crippen LogP contribution is 2.38. The van der Waals surface area contributed by atoms with Gasteiger partial charge in [0, 0.05) is 17.7 Å². The van der Waals surface area contributed by atoms with E-state index in [9.17, 15) is 14.7 Å². The molecule has 158 valence electrons. The Morgan fingerprint density at radius 2 is 1.68 bits per heavy atom. The monoisotopic (exact) mass is 416 g/mol. The third-order valence-corrected chi connectivity index (χ3v) is 5.29. The maximum atomic E-state index is 12.7. The van der Waals surface area contributed by atoms with Crippen molar-refractivity contribution in [2.75, 3.05) is 20.1 Å². The Balaban J connectivity index is 1.59. The number of amides is 2. The Morgan fingerprint density at radius 1 is 1.00 bits per heavy atom. The number of aromatic nitrogens is 1. The second kappa shape index (κ2) is 8.57. The number of aromatic hydroxyl groups is 1. The molecule has 2 aromatic carbocycles. The van der Waals surface area contributed by atoms with Crippen LogP contribution in [0.5, 0.6) is 5.88 Å². The smallest absolute Gasteiger partial charge is 0.280 e. The van der Waals surface area contributed by atoms with E-state index >= 15 is 0 Å². The summed E-state index contributed by atoms with van der Waals surface area (Å²) < 4.78 is 0. The lowest BCUT2D eigenvalue weighted by atomic mass is 9.99. The molecule has 7 heteroatoms. The van der Waals surface area contributed by atoms with Crippen LogP contribution in [-0.4, -0.2) is 47.8 Å². The van der Waals surface area contributed by atoms with Gasteiger partial charge in [0.1, 0.15) is 0 Å². The third-order valence-electron chi connectivity index (χ3n) is 5.29. The highest BCUT2D eigenvalue weighted by atomic mass is 16.3. The SMILES string of the molecule is CNCCCNC(=O)c1ccc(-c2[nH]c(O)c3c2C(=O)N=C3c2ccc(C)cc2)cc1. The van der Waals surface area contributed by atoms with Crippen molar-refractivity contribution in [2.45, 2.75) is 13.3 Å². The van der Waals surface area contributed by atoms with Gasteiger partial charge in [-0.05, 0) is 44.6 Å². The topological polar surface area (TPSA) is 107 Å². The van der Waals surface area contributed by atoms with Gasteiger partial charge in [0.2, 0.25) is 0 Å². The summed E-state index contributed by atoms with van der Waals surface area (Å²) in [6.45, 7) is 3.41. The Morgan fingerprint density at radius 3 is 2.35 bits per heavy atom. The normalized spacial score (nSPS) is 12.6. The van der Waals surface area contributed by atoms with Crippen LogP contribution in [-0.2, 0) is 0 Å². The van der Waals surface area contributed by atoms with E-state index in [1.54, 1.807) is 24.3 Å². The summed E-state index contributed by atoms with van der Waals surface area (Å²) in [5.41, 5.74) is 4.79. The molecule has 0 unspecified atom stereocenters. The summed E-state index contributed by atoms with van der Waals surface area (Å²) in [5.74, 6) is -0.645. The molecule has 7 nitrogen and oxygen atoms in total. The molecule has 0 fully saturated rings. The quantitative estimate of drug-likeness (QED) is 0.444. The van der Waals surface area contributed by atoms with E-state index in [0.29, 0.717) is 40.2 Å². The van der Waals surface area contributed by atoms with Gasteiger partial charge in [0.15, 0.2) is 5.88 Å². The van der Waals surface area contributed by atoms with Crippen LogP contribution in [0.2, 0.25) is 0 Å². The van der Waals surface area contributed by atoms with E-state index in [1.165, 1.54) is 0 Å². The average Bonchev–Trinajstić information content (AvgIpc) is 3.30. The van der Waals surface area contributed by atoms with Gasteiger partial charge in [-0.2, -0.15) is 0 Å². The molecule has 0 spiro atoms. The molecule has 0 radical (unpaired) electrons. The van der Waals surface area contributed by atoms with Gasteiger partial charge >= 0.3 is 0 Å². The summed E-state index contributed by atoms with van der Waals surface area (Å²) in [6, 6.07) is 14.6. The number of carbonyl (C=O) groups is 2. The standard InChI is InChI=1S/C24H24N4O3/c1-14-4-6-15(7-5-14)20-18-19(24(31)27-20)21(28-23(18)30)16-8-10-17(11-9-16)22(29)26-13-3-12-25-2/h4-11,25,28,30H,3,12-13H2,1-2H3,(H,26,29). The Bertz CT molecular complexity index is 1160. The first-order chi connectivity index (χ1) is 15.0. The van der Waals surface area contributed by atoms with Gasteiger partial charge in [-0.25, -0.2) is 4.99 Å². The van der Waals surface area contributed by atoms with E-state index in [4.69, 9.17) is 0 Å². The molecule has 2 amide bonds. The van der Waals surface area contributed by atoms with Crippen LogP contribution in [0.25, 0.3) is 11.3 Å². The number of carbonyl (C=O) groups excluding carboxylic acids is 2. The number of rotatable bonds is 7. The van der Waals surface area contributed by atoms with Crippen molar-refractivity contribution in [1.29, 1.82) is 0 Å². The van der Waals surface area contributed by atoms with Crippen molar-refractivity contribution in [3.8, 4) is 17.1 Å². The number of nitrogens with zero attached hydrogens (tertiary/aromatic N) is 1. The summed E-state index contributed by atoms with van der Waals surface area (Å²) in [7, 11) is 1.87. The van der Waals surface area contributed by atoms with Gasteiger partial charge in [-0.15, -0.1) is 0 Å². The first-order valence-electron chi connectivity index (χ1n) is 10.2. The number of nitrogens with one attached hydrogen (secondary N) is 3. The van der Waals surface area contributed by atoms with Gasteiger partial charge in [0.25, 0.3) is 11.8 Å². The zero-order valence-corrected chi connectivity index (χ0v) is 17.5. The van der Waals surface area contributed by atoms with Crippen LogP contribution in [0, 0.1) is 6.92 Å². The van der Waals surface area contributed by atoms with E-state index < -0.39 is 5.91 Å². The first-order valence-corrected chi connectivity index (χ1v) is 10.2. The summed E-state index contributed by atoms with van der Waals surface area (Å²) in [4.78, 5) is 32.1. The number of fused-ring (bicyclic) bond motifs is 1. The van der Waals surface area contributed by atoms with Gasteiger partial charge in [-0.1, -0.05) is 42.0 Å². The Hall–Kier alpha value is -3.71. The fraction of sp³-hybridized carbons (Fsp3) is 0.208. The highest BCUT2D eigenvalue weighted by molar-refractivity contribution is 6.30. The predicted octanol–water partition coefficient (Wildman–Crippen LogP) is 3.03. The number of hydrogen-bond acceptors (Lipinski definition) is 4. The third kappa shape index (κ3) is 4.00. The maximum absolute atomic E-state index is 12.7. The number of H-pyrrole nitrogens is 1. The molecule has 0 aliphatic carbocycles. The lowest BCUT2D eigenvalue weighted by molar-refractivity contribution is 0.0952. The molecule has 1 aliphatic heterocycles. The van der Waals surface area contributed by atoms with Crippen LogP contribution < -0.4 is 10.6 Å². The molecule has 0 bridgehead atoms. The lowest BCUT2D eigenvalue weighted by Crippen LogP contribution is -2.26. The molecule has 3 aromatic rings. The molecule has 0 atom stereocenters. The van der Waals surface area contributed by atoms with Crippen LogP contribution in [0.15, 0.2) is 53.5 Å². The van der Waals surface area contributed by atoms with Gasteiger partial charge < -0.3 is 20.7 Å². The maximum Gasteiger partial charge on any atom is 0.280 e. The second-order valence-electron chi connectivity index (χ2n) is 7.52. The fourth-order valence-electron chi connectivity index (χ4n) is 3.64. The number of benzene rings is 2. The number of aromatic amines is 1. The molecule has 1 aliphatic rings. The number of aliphatic imine (C=N–C) groups is 1. The molecule has 2 heterocycles. The molecular weight excluding hydrogens is 392 g/mol. The number of aryl methyl sites for hydroxylation is 1. The second-order valence-corrected chi connectivity index (χ2v) is 7.52. The minimum Gasteiger partial charge on any atom is -0.494 e. The van der Waals surface area contributed by atoms with Crippen LogP contribution >= 0.6 is 0 Å². The van der Waals surface area contributed by atoms with E-state index in [2.05, 4.69) is 20.6 Å². The molecule has 31 heavy (non-hydrogen) atoms. The predicted molar refractivity (Wildman–Crippen MR) is 120 cm³/mol. The molecule has 0 saturated heterocycles. The molecule has 0 saturated carbocycles. The van der Waals surface area contributed by atoms with Crippen molar-refractivity contribution in [1.82, 2.24) is 15.6 Å². The fourth-order valence-corrected chi connectivity index (χ4v) is 3.64. The minimum atomic E-state index is -0.400. The summed E-state index contributed by atoms with van der Waals surface area (Å²) in [5, 5.41) is 16.5. The van der Waals surface area contributed by atoms with E-state index in [-0.39, 0.29) is 11.8 Å². The van der Waals surface area contributed by atoms with Crippen molar-refractivity contribution < 1.29 is 14.7 Å². The van der Waals surface area contributed by atoms with Crippen molar-refractivity contribution in [2.24, 2.45) is 4.99 Å². The van der Waals surface area contributed by atoms with Crippen molar-refractivity contribution in [3.05, 3.63) is 76.3 Å². The van der Waals surface area contributed by atoms with E-state index in [1.807, 2.05) is 38.2 Å². The van der Waals surface area contributed by atoms with Gasteiger partial charge in [0.05, 0.1) is 22.5 Å². The average molecular weight is 416 g/mol. The zero-order valence-electron chi connectivity index (χ0n) is 17.5. The first kappa shape index (κ1) is 20.6. The van der Waals surface area contributed by atoms with E-state index in [0.717, 1.165) is 24.1 Å². The zero-order chi connectivity index (χ0) is 22.0. The van der Waals surface area contributed by atoms with Crippen LogP contribution in [0.4, 0.5) is 0 Å². The van der Waals surface area contributed by atoms with Gasteiger partial charge in [-0.3, -0.25) is 9.59 Å². The van der Waals surface area contributed by atoms with Crippen molar-refractivity contribution in [3.63, 3.8) is 0 Å². The van der Waals surface area contributed by atoms with Crippen molar-refractivity contribution >= 4 is 17.5 Å². The largest absolute Gasteiger partial charge is 0.494 e. The summed E-state index contributed by atoms with van der Waals surface area (Å²) in [6.07, 6.45) is 0.847. The highest BCUT2D eigenvalue weighted by Gasteiger charge is 2.33. The molecule has 1 aromatic heterocycles. The lowest BCUT2D eigenvalue weighted by Gasteiger charge is -2.06. The Labute approximate surface area is 180 Å². The summed E-state index contributed by atoms with van der Waals surface area (Å²) >= 11 is 0. The Kier molecular flexibility index (Phi) is 5.68.